The minimum atomic E-state index is -1.24. The van der Waals surface area contributed by atoms with Crippen molar-refractivity contribution in [3.05, 3.63) is 46.2 Å². The van der Waals surface area contributed by atoms with Crippen LogP contribution in [0.3, 0.4) is 0 Å². The number of para-hydroxylation sites is 1. The van der Waals surface area contributed by atoms with Gasteiger partial charge in [0.2, 0.25) is 0 Å². The van der Waals surface area contributed by atoms with Crippen LogP contribution in [0.1, 0.15) is 11.7 Å². The van der Waals surface area contributed by atoms with Crippen molar-refractivity contribution in [3.8, 4) is 0 Å². The largest absolute Gasteiger partial charge is 0.479 e. The molecule has 1 atom stereocenters. The maximum Gasteiger partial charge on any atom is 0.337 e. The van der Waals surface area contributed by atoms with Gasteiger partial charge in [-0.15, -0.1) is 0 Å². The van der Waals surface area contributed by atoms with Crippen molar-refractivity contribution in [1.29, 1.82) is 0 Å². The van der Waals surface area contributed by atoms with Crippen molar-refractivity contribution in [2.45, 2.75) is 6.10 Å². The molecule has 1 aromatic heterocycles. The summed E-state index contributed by atoms with van der Waals surface area (Å²) >= 11 is 0. The predicted molar refractivity (Wildman–Crippen MR) is 66.6 cm³/mol. The molecule has 2 rings (SSSR count). The van der Waals surface area contributed by atoms with Gasteiger partial charge in [-0.25, -0.2) is 4.79 Å². The molecule has 0 aliphatic rings. The standard InChI is InChI=1S/C13H13NO4/c1-14-10-6-4-3-5-8(10)7-9(12(14)15)11(18-2)13(16)17/h3-7,11H,1-2H3,(H,16,17)/t11-/m0/s1. The number of carboxylic acid groups (broad SMARTS) is 1. The normalized spacial score (nSPS) is 12.6. The first kappa shape index (κ1) is 12.3. The lowest BCUT2D eigenvalue weighted by atomic mass is 10.1. The Hall–Kier alpha value is -2.14. The van der Waals surface area contributed by atoms with E-state index in [9.17, 15) is 9.59 Å². The van der Waals surface area contributed by atoms with Crippen LogP contribution in [0.15, 0.2) is 35.1 Å². The van der Waals surface area contributed by atoms with E-state index < -0.39 is 12.1 Å². The fourth-order valence-corrected chi connectivity index (χ4v) is 2.00. The molecular formula is C13H13NO4. The lowest BCUT2D eigenvalue weighted by Gasteiger charge is -2.13. The Kier molecular flexibility index (Phi) is 3.16. The van der Waals surface area contributed by atoms with Crippen LogP contribution in [0.25, 0.3) is 10.9 Å². The molecule has 0 radical (unpaired) electrons. The van der Waals surface area contributed by atoms with E-state index in [1.54, 1.807) is 13.1 Å². The second kappa shape index (κ2) is 4.62. The van der Waals surface area contributed by atoms with Gasteiger partial charge >= 0.3 is 5.97 Å². The highest BCUT2D eigenvalue weighted by Gasteiger charge is 2.23. The van der Waals surface area contributed by atoms with E-state index in [1.165, 1.54) is 11.7 Å². The smallest absolute Gasteiger partial charge is 0.337 e. The monoisotopic (exact) mass is 247 g/mol. The zero-order valence-electron chi connectivity index (χ0n) is 10.1. The number of hydrogen-bond acceptors (Lipinski definition) is 3. The Morgan fingerprint density at radius 3 is 2.67 bits per heavy atom. The quantitative estimate of drug-likeness (QED) is 0.887. The van der Waals surface area contributed by atoms with Gasteiger partial charge in [0.05, 0.1) is 11.1 Å². The second-order valence-electron chi connectivity index (χ2n) is 3.98. The molecule has 94 valence electrons. The molecule has 0 spiro atoms. The Morgan fingerprint density at radius 2 is 2.06 bits per heavy atom. The van der Waals surface area contributed by atoms with Crippen molar-refractivity contribution in [2.75, 3.05) is 7.11 Å². The summed E-state index contributed by atoms with van der Waals surface area (Å²) in [6, 6.07) is 8.86. The third kappa shape index (κ3) is 1.89. The second-order valence-corrected chi connectivity index (χ2v) is 3.98. The molecule has 0 aliphatic heterocycles. The van der Waals surface area contributed by atoms with Gasteiger partial charge in [-0.05, 0) is 17.5 Å². The zero-order valence-corrected chi connectivity index (χ0v) is 10.1. The minimum absolute atomic E-state index is 0.131. The molecule has 1 N–H and O–H groups in total. The van der Waals surface area contributed by atoms with Crippen LogP contribution in [0, 0.1) is 0 Å². The maximum absolute atomic E-state index is 12.1. The van der Waals surface area contributed by atoms with Crippen LogP contribution in [-0.4, -0.2) is 22.8 Å². The Bertz CT molecular complexity index is 660. The fraction of sp³-hybridized carbons (Fsp3) is 0.231. The number of fused-ring (bicyclic) bond motifs is 1. The van der Waals surface area contributed by atoms with E-state index in [0.29, 0.717) is 0 Å². The summed E-state index contributed by atoms with van der Waals surface area (Å²) in [5.41, 5.74) is 0.528. The summed E-state index contributed by atoms with van der Waals surface area (Å²) < 4.78 is 6.30. The lowest BCUT2D eigenvalue weighted by molar-refractivity contribution is -0.149. The summed E-state index contributed by atoms with van der Waals surface area (Å²) in [6.45, 7) is 0. The number of pyridine rings is 1. The van der Waals surface area contributed by atoms with E-state index in [-0.39, 0.29) is 11.1 Å². The van der Waals surface area contributed by atoms with Crippen LogP contribution >= 0.6 is 0 Å². The molecule has 18 heavy (non-hydrogen) atoms. The Morgan fingerprint density at radius 1 is 1.39 bits per heavy atom. The summed E-state index contributed by atoms with van der Waals surface area (Å²) in [5.74, 6) is -1.18. The summed E-state index contributed by atoms with van der Waals surface area (Å²) in [7, 11) is 2.89. The van der Waals surface area contributed by atoms with E-state index in [2.05, 4.69) is 0 Å². The molecule has 0 saturated carbocycles. The van der Waals surface area contributed by atoms with E-state index in [4.69, 9.17) is 9.84 Å². The number of aromatic nitrogens is 1. The average molecular weight is 247 g/mol. The van der Waals surface area contributed by atoms with Gasteiger partial charge < -0.3 is 14.4 Å². The molecule has 0 fully saturated rings. The molecule has 0 amide bonds. The molecule has 5 heteroatoms. The molecule has 0 aliphatic carbocycles. The maximum atomic E-state index is 12.1. The molecule has 1 heterocycles. The highest BCUT2D eigenvalue weighted by molar-refractivity contribution is 5.82. The number of aryl methyl sites for hydroxylation is 1. The Balaban J connectivity index is 2.76. The number of methoxy groups -OCH3 is 1. The van der Waals surface area contributed by atoms with Crippen molar-refractivity contribution >= 4 is 16.9 Å². The highest BCUT2D eigenvalue weighted by atomic mass is 16.5. The predicted octanol–water partition coefficient (Wildman–Crippen LogP) is 1.31. The van der Waals surface area contributed by atoms with E-state index >= 15 is 0 Å². The van der Waals surface area contributed by atoms with Crippen molar-refractivity contribution < 1.29 is 14.6 Å². The topological polar surface area (TPSA) is 68.5 Å². The molecule has 1 aromatic carbocycles. The number of hydrogen-bond donors (Lipinski definition) is 1. The first-order valence-electron chi connectivity index (χ1n) is 5.40. The first-order valence-corrected chi connectivity index (χ1v) is 5.40. The van der Waals surface area contributed by atoms with Gasteiger partial charge in [0.15, 0.2) is 6.10 Å². The van der Waals surface area contributed by atoms with Crippen LogP contribution < -0.4 is 5.56 Å². The van der Waals surface area contributed by atoms with Crippen molar-refractivity contribution in [1.82, 2.24) is 4.57 Å². The molecule has 2 aromatic rings. The molecule has 0 saturated heterocycles. The van der Waals surface area contributed by atoms with Crippen LogP contribution in [0.2, 0.25) is 0 Å². The number of aliphatic carboxylic acids is 1. The molecule has 0 bridgehead atoms. The average Bonchev–Trinajstić information content (AvgIpc) is 2.36. The van der Waals surface area contributed by atoms with Gasteiger partial charge in [-0.3, -0.25) is 4.79 Å². The third-order valence-corrected chi connectivity index (χ3v) is 2.90. The van der Waals surface area contributed by atoms with Gasteiger partial charge in [-0.2, -0.15) is 0 Å². The molecule has 5 nitrogen and oxygen atoms in total. The number of carbonyl (C=O) groups is 1. The summed E-state index contributed by atoms with van der Waals surface area (Å²) in [4.78, 5) is 23.2. The lowest BCUT2D eigenvalue weighted by Crippen LogP contribution is -2.27. The van der Waals surface area contributed by atoms with Crippen molar-refractivity contribution in [3.63, 3.8) is 0 Å². The summed E-state index contributed by atoms with van der Waals surface area (Å²) in [5, 5.41) is 9.84. The van der Waals surface area contributed by atoms with Crippen molar-refractivity contribution in [2.24, 2.45) is 7.05 Å². The number of nitrogens with zero attached hydrogens (tertiary/aromatic N) is 1. The number of carboxylic acids is 1. The van der Waals surface area contributed by atoms with E-state index in [0.717, 1.165) is 10.9 Å². The first-order chi connectivity index (χ1) is 8.56. The highest BCUT2D eigenvalue weighted by Crippen LogP contribution is 2.18. The van der Waals surface area contributed by atoms with Crippen LogP contribution in [0.4, 0.5) is 0 Å². The van der Waals surface area contributed by atoms with E-state index in [1.807, 2.05) is 24.3 Å². The number of rotatable bonds is 3. The fourth-order valence-electron chi connectivity index (χ4n) is 2.00. The minimum Gasteiger partial charge on any atom is -0.479 e. The van der Waals surface area contributed by atoms with Gasteiger partial charge in [0.1, 0.15) is 0 Å². The zero-order chi connectivity index (χ0) is 13.3. The van der Waals surface area contributed by atoms with Crippen LogP contribution in [0.5, 0.6) is 0 Å². The SMILES string of the molecule is CO[C@H](C(=O)O)c1cc2ccccc2n(C)c1=O. The van der Waals surface area contributed by atoms with Gasteiger partial charge in [-0.1, -0.05) is 18.2 Å². The number of ether oxygens (including phenoxy) is 1. The van der Waals surface area contributed by atoms with Gasteiger partial charge in [0, 0.05) is 14.2 Å². The Labute approximate surface area is 103 Å². The number of benzene rings is 1. The van der Waals surface area contributed by atoms with Crippen LogP contribution in [-0.2, 0) is 16.6 Å². The third-order valence-electron chi connectivity index (χ3n) is 2.90. The molecular weight excluding hydrogens is 234 g/mol. The van der Waals surface area contributed by atoms with Gasteiger partial charge in [0.25, 0.3) is 5.56 Å². The summed E-state index contributed by atoms with van der Waals surface area (Å²) in [6.07, 6.45) is -1.24. The molecule has 0 unspecified atom stereocenters.